The van der Waals surface area contributed by atoms with Crippen LogP contribution in [0.1, 0.15) is 45.6 Å². The van der Waals surface area contributed by atoms with E-state index in [2.05, 4.69) is 101 Å². The first-order valence-corrected chi connectivity index (χ1v) is 16.0. The topological polar surface area (TPSA) is 132 Å². The molecule has 0 spiro atoms. The zero-order chi connectivity index (χ0) is 33.9. The molecule has 0 atom stereocenters. The molecule has 0 saturated heterocycles. The first kappa shape index (κ1) is 30.2. The maximum Gasteiger partial charge on any atom is 0.106 e. The summed E-state index contributed by atoms with van der Waals surface area (Å²) in [5.41, 5.74) is 15.7. The largest absolute Gasteiger partial charge is 0.355 e. The number of hydrogen-bond donors (Lipinski definition) is 4. The van der Waals surface area contributed by atoms with Gasteiger partial charge in [-0.05, 0) is 146 Å². The van der Waals surface area contributed by atoms with Gasteiger partial charge in [-0.3, -0.25) is 0 Å². The highest BCUT2D eigenvalue weighted by molar-refractivity contribution is 5.79. The molecule has 10 heterocycles. The van der Waals surface area contributed by atoms with Crippen molar-refractivity contribution in [3.05, 3.63) is 143 Å². The van der Waals surface area contributed by atoms with Crippen LogP contribution in [0.4, 0.5) is 0 Å². The van der Waals surface area contributed by atoms with Crippen LogP contribution >= 0.6 is 0 Å². The second-order valence-electron chi connectivity index (χ2n) is 11.8. The van der Waals surface area contributed by atoms with Gasteiger partial charge in [0.2, 0.25) is 0 Å². The van der Waals surface area contributed by atoms with E-state index < -0.39 is 0 Å². The van der Waals surface area contributed by atoms with E-state index in [1.807, 2.05) is 91.8 Å². The third kappa shape index (κ3) is 6.92. The zero-order valence-corrected chi connectivity index (χ0v) is 26.8. The monoisotopic (exact) mass is 650 g/mol. The first-order chi connectivity index (χ1) is 24.6. The average molecular weight is 651 g/mol. The lowest BCUT2D eigenvalue weighted by atomic mass is 10.3. The van der Waals surface area contributed by atoms with Gasteiger partial charge in [-0.2, -0.15) is 0 Å². The van der Waals surface area contributed by atoms with Crippen LogP contribution in [0.2, 0.25) is 0 Å². The fourth-order valence-corrected chi connectivity index (χ4v) is 5.89. The number of H-pyrrole nitrogens is 4. The number of aromatic amines is 4. The van der Waals surface area contributed by atoms with Crippen LogP contribution in [0.3, 0.4) is 0 Å². The molecule has 16 bridgehead atoms. The minimum atomic E-state index is 0.915. The number of fused-ring (bicyclic) bond motifs is 16. The lowest BCUT2D eigenvalue weighted by Gasteiger charge is -1.86. The molecule has 0 saturated carbocycles. The van der Waals surface area contributed by atoms with E-state index in [0.29, 0.717) is 0 Å². The van der Waals surface area contributed by atoms with Crippen LogP contribution in [-0.4, -0.2) is 46.7 Å². The third-order valence-corrected chi connectivity index (χ3v) is 8.08. The summed E-state index contributed by atoms with van der Waals surface area (Å²) in [5.74, 6) is 0. The molecular weight excluding hydrogens is 621 g/mol. The van der Waals surface area contributed by atoms with Crippen molar-refractivity contribution in [2.45, 2.75) is 0 Å². The fourth-order valence-electron chi connectivity index (χ4n) is 5.89. The van der Waals surface area contributed by atoms with Gasteiger partial charge >= 0.3 is 0 Å². The molecule has 4 N–H and O–H groups in total. The Kier molecular flexibility index (Phi) is 7.96. The van der Waals surface area contributed by atoms with E-state index in [4.69, 9.17) is 4.79 Å². The highest BCUT2D eigenvalue weighted by Gasteiger charge is 2.04. The molecule has 4 aliphatic rings. The molecule has 240 valence electrons. The number of aromatic nitrogens is 8. The predicted octanol–water partition coefficient (Wildman–Crippen LogP) is 9.13. The van der Waals surface area contributed by atoms with Crippen LogP contribution in [0.15, 0.2) is 97.1 Å². The van der Waals surface area contributed by atoms with Gasteiger partial charge in [-0.25, -0.2) is 19.9 Å². The summed E-state index contributed by atoms with van der Waals surface area (Å²) >= 11 is 0. The van der Waals surface area contributed by atoms with Crippen LogP contribution in [0, 0.1) is 0 Å². The molecule has 0 aliphatic carbocycles. The average Bonchev–Trinajstić information content (AvgIpc) is 3.95. The van der Waals surface area contributed by atoms with E-state index in [0.717, 1.165) is 89.7 Å². The van der Waals surface area contributed by atoms with Crippen LogP contribution < -0.4 is 0 Å². The van der Waals surface area contributed by atoms with Gasteiger partial charge in [-0.1, -0.05) is 0 Å². The summed E-state index contributed by atoms with van der Waals surface area (Å²) in [5, 5.41) is 0. The van der Waals surface area contributed by atoms with Crippen molar-refractivity contribution >= 4 is 99.5 Å². The molecule has 50 heavy (non-hydrogen) atoms. The number of hydrogen-bond acceptors (Lipinski definition) is 5. The minimum absolute atomic E-state index is 0.915. The molecule has 6 aromatic heterocycles. The molecule has 0 amide bonds. The summed E-state index contributed by atoms with van der Waals surface area (Å²) in [6.45, 7) is 2.00. The summed E-state index contributed by atoms with van der Waals surface area (Å²) in [7, 11) is 0. The number of nitrogens with one attached hydrogen (secondary N) is 4. The van der Waals surface area contributed by atoms with Crippen molar-refractivity contribution in [1.29, 1.82) is 0 Å². The van der Waals surface area contributed by atoms with Crippen LogP contribution in [-0.2, 0) is 4.79 Å². The van der Waals surface area contributed by atoms with Gasteiger partial charge in [0, 0.05) is 44.1 Å². The maximum atomic E-state index is 8.00. The molecular formula is C41H30N8O. The first-order valence-electron chi connectivity index (χ1n) is 16.0. The van der Waals surface area contributed by atoms with Crippen molar-refractivity contribution in [2.24, 2.45) is 0 Å². The summed E-state index contributed by atoms with van der Waals surface area (Å²) < 4.78 is 0. The molecule has 0 fully saturated rings. The Balaban J connectivity index is 0.000000138. The Morgan fingerprint density at radius 1 is 0.280 bits per heavy atom. The van der Waals surface area contributed by atoms with Gasteiger partial charge in [0.1, 0.15) is 6.79 Å². The lowest BCUT2D eigenvalue weighted by Crippen LogP contribution is -1.77. The molecule has 6 aromatic rings. The summed E-state index contributed by atoms with van der Waals surface area (Å²) in [4.78, 5) is 40.0. The van der Waals surface area contributed by atoms with Crippen molar-refractivity contribution in [3.63, 3.8) is 0 Å². The smallest absolute Gasteiger partial charge is 0.106 e. The van der Waals surface area contributed by atoms with E-state index in [-0.39, 0.29) is 0 Å². The van der Waals surface area contributed by atoms with Crippen molar-refractivity contribution < 1.29 is 4.79 Å². The Morgan fingerprint density at radius 2 is 0.460 bits per heavy atom. The van der Waals surface area contributed by atoms with Gasteiger partial charge in [0.05, 0.1) is 45.6 Å². The molecule has 4 aliphatic heterocycles. The highest BCUT2D eigenvalue weighted by Crippen LogP contribution is 2.19. The van der Waals surface area contributed by atoms with E-state index in [9.17, 15) is 0 Å². The van der Waals surface area contributed by atoms with Gasteiger partial charge < -0.3 is 24.7 Å². The van der Waals surface area contributed by atoms with Gasteiger partial charge in [0.15, 0.2) is 0 Å². The van der Waals surface area contributed by atoms with Crippen molar-refractivity contribution in [2.75, 3.05) is 0 Å². The second kappa shape index (κ2) is 13.2. The molecule has 9 nitrogen and oxygen atoms in total. The van der Waals surface area contributed by atoms with Crippen molar-refractivity contribution in [3.8, 4) is 0 Å². The predicted molar refractivity (Wildman–Crippen MR) is 205 cm³/mol. The number of nitrogens with zero attached hydrogens (tertiary/aromatic N) is 4. The quantitative estimate of drug-likeness (QED) is 0.130. The normalized spacial score (nSPS) is 12.2. The van der Waals surface area contributed by atoms with E-state index in [1.165, 1.54) is 0 Å². The maximum absolute atomic E-state index is 8.00. The molecule has 0 radical (unpaired) electrons. The molecule has 10 rings (SSSR count). The second-order valence-corrected chi connectivity index (χ2v) is 11.8. The number of carbonyl (C=O) groups is 1. The standard InChI is InChI=1S/2C20H14N4.CH2O/c2*1-2-14-10-16-5-6-18(23-16)12-20-8-7-19(24-20)11-17-4-3-15(22-17)9-13(1)21-14;1-2/h2*1-12,21-22H;1H2. The molecule has 0 unspecified atom stereocenters. The highest BCUT2D eigenvalue weighted by atomic mass is 16.1. The van der Waals surface area contributed by atoms with E-state index >= 15 is 0 Å². The molecule has 9 heteroatoms. The third-order valence-electron chi connectivity index (χ3n) is 8.08. The van der Waals surface area contributed by atoms with Gasteiger partial charge in [0.25, 0.3) is 0 Å². The number of rotatable bonds is 0. The van der Waals surface area contributed by atoms with Crippen LogP contribution in [0.5, 0.6) is 0 Å². The number of carbonyl (C=O) groups excluding carboxylic acids is 1. The Hall–Kier alpha value is -7.13. The SMILES string of the molecule is C1=Cc2cc3ccc(cc4ccc(cc5nc(cc1n2)C=C5)[nH]4)[nH]3.C1=Cc2cc3ccc(cc4ccc(cc5nc(cc1n2)C=C5)[nH]4)[nH]3.C=O. The summed E-state index contributed by atoms with van der Waals surface area (Å²) in [6.07, 6.45) is 16.1. The van der Waals surface area contributed by atoms with E-state index in [1.54, 1.807) is 0 Å². The lowest BCUT2D eigenvalue weighted by molar-refractivity contribution is -0.0980. The Labute approximate surface area is 286 Å². The van der Waals surface area contributed by atoms with Gasteiger partial charge in [-0.15, -0.1) is 0 Å². The minimum Gasteiger partial charge on any atom is -0.355 e. The Morgan fingerprint density at radius 3 is 0.680 bits per heavy atom. The Bertz CT molecular complexity index is 2350. The van der Waals surface area contributed by atoms with Crippen LogP contribution in [0.25, 0.3) is 92.7 Å². The zero-order valence-electron chi connectivity index (χ0n) is 26.8. The molecule has 0 aromatic carbocycles. The van der Waals surface area contributed by atoms with Crippen molar-refractivity contribution in [1.82, 2.24) is 39.9 Å². The fraction of sp³-hybridized carbons (Fsp3) is 0. The summed E-state index contributed by atoms with van der Waals surface area (Å²) in [6, 6.07) is 32.8.